The molecule has 3 N–H and O–H groups in total. The molecule has 1 aromatic rings. The Balaban J connectivity index is 2.59. The van der Waals surface area contributed by atoms with E-state index in [1.807, 2.05) is 0 Å². The van der Waals surface area contributed by atoms with Crippen LogP contribution in [0.25, 0.3) is 0 Å². The first-order valence-corrected chi connectivity index (χ1v) is 7.27. The van der Waals surface area contributed by atoms with Crippen LogP contribution in [0.1, 0.15) is 46.2 Å². The second-order valence-corrected chi connectivity index (χ2v) is 6.28. The molecule has 1 aromatic carbocycles. The first-order valence-electron chi connectivity index (χ1n) is 7.27. The van der Waals surface area contributed by atoms with Crippen LogP contribution in [0.3, 0.4) is 0 Å². The first kappa shape index (κ1) is 18.2. The number of alkyl carbamates (subject to hydrolysis) is 1. The van der Waals surface area contributed by atoms with Gasteiger partial charge < -0.3 is 20.5 Å². The van der Waals surface area contributed by atoms with Crippen LogP contribution in [0, 0.1) is 5.82 Å². The number of nitrogens with one attached hydrogen (secondary N) is 1. The van der Waals surface area contributed by atoms with Gasteiger partial charge in [-0.15, -0.1) is 0 Å². The third kappa shape index (κ3) is 6.30. The second kappa shape index (κ2) is 7.45. The van der Waals surface area contributed by atoms with Crippen LogP contribution in [0.15, 0.2) is 18.2 Å². The van der Waals surface area contributed by atoms with Gasteiger partial charge in [0.1, 0.15) is 23.3 Å². The number of halogens is 1. The number of benzene rings is 1. The van der Waals surface area contributed by atoms with Crippen molar-refractivity contribution in [3.8, 4) is 5.75 Å². The molecule has 0 spiro atoms. The molecule has 5 nitrogen and oxygen atoms in total. The summed E-state index contributed by atoms with van der Waals surface area (Å²) in [6, 6.07) is 3.86. The number of carbonyl (C=O) groups is 1. The second-order valence-electron chi connectivity index (χ2n) is 6.28. The third-order valence-corrected chi connectivity index (χ3v) is 2.72. The quantitative estimate of drug-likeness (QED) is 0.876. The zero-order valence-electron chi connectivity index (χ0n) is 13.8. The van der Waals surface area contributed by atoms with Crippen molar-refractivity contribution in [2.45, 2.75) is 52.4 Å². The highest BCUT2D eigenvalue weighted by atomic mass is 19.1. The highest BCUT2D eigenvalue weighted by molar-refractivity contribution is 5.67. The lowest BCUT2D eigenvalue weighted by Gasteiger charge is -2.22. The van der Waals surface area contributed by atoms with Crippen LogP contribution in [0.4, 0.5) is 9.18 Å². The standard InChI is InChI=1S/C16H25FN2O3/c1-10(9-19-15(20)22-16(3,4)5)21-14-7-6-12(17)8-13(14)11(2)18/h6-8,10-11H,9,18H2,1-5H3,(H,19,20)/t10-,11+/m0/s1. The summed E-state index contributed by atoms with van der Waals surface area (Å²) in [4.78, 5) is 11.6. The molecule has 0 aliphatic carbocycles. The highest BCUT2D eigenvalue weighted by Crippen LogP contribution is 2.25. The fourth-order valence-electron chi connectivity index (χ4n) is 1.78. The molecule has 0 saturated carbocycles. The molecular formula is C16H25FN2O3. The molecule has 2 atom stereocenters. The van der Waals surface area contributed by atoms with Crippen LogP contribution < -0.4 is 15.8 Å². The molecule has 0 radical (unpaired) electrons. The fraction of sp³-hybridized carbons (Fsp3) is 0.562. The Morgan fingerprint density at radius 3 is 2.55 bits per heavy atom. The molecule has 0 aliphatic rings. The lowest BCUT2D eigenvalue weighted by atomic mass is 10.1. The van der Waals surface area contributed by atoms with Crippen molar-refractivity contribution in [1.82, 2.24) is 5.32 Å². The smallest absolute Gasteiger partial charge is 0.407 e. The van der Waals surface area contributed by atoms with Gasteiger partial charge in [0, 0.05) is 11.6 Å². The number of hydrogen-bond donors (Lipinski definition) is 2. The molecule has 0 aliphatic heterocycles. The summed E-state index contributed by atoms with van der Waals surface area (Å²) in [6.07, 6.45) is -0.815. The van der Waals surface area contributed by atoms with Gasteiger partial charge in [-0.25, -0.2) is 9.18 Å². The van der Waals surface area contributed by atoms with Crippen molar-refractivity contribution in [2.24, 2.45) is 5.73 Å². The molecular weight excluding hydrogens is 287 g/mol. The molecule has 22 heavy (non-hydrogen) atoms. The zero-order chi connectivity index (χ0) is 16.9. The summed E-state index contributed by atoms with van der Waals surface area (Å²) in [6.45, 7) is 9.20. The Morgan fingerprint density at radius 2 is 2.00 bits per heavy atom. The minimum absolute atomic E-state index is 0.269. The molecule has 1 amide bonds. The molecule has 0 aromatic heterocycles. The van der Waals surface area contributed by atoms with E-state index in [9.17, 15) is 9.18 Å². The van der Waals surface area contributed by atoms with E-state index >= 15 is 0 Å². The van der Waals surface area contributed by atoms with Gasteiger partial charge in [0.15, 0.2) is 0 Å². The predicted molar refractivity (Wildman–Crippen MR) is 83.3 cm³/mol. The predicted octanol–water partition coefficient (Wildman–Crippen LogP) is 3.14. The molecule has 1 rings (SSSR count). The summed E-state index contributed by atoms with van der Waals surface area (Å²) in [5.41, 5.74) is 5.85. The third-order valence-electron chi connectivity index (χ3n) is 2.72. The summed E-state index contributed by atoms with van der Waals surface area (Å²) >= 11 is 0. The number of amides is 1. The van der Waals surface area contributed by atoms with Crippen molar-refractivity contribution in [2.75, 3.05) is 6.54 Å². The van der Waals surface area contributed by atoms with Crippen molar-refractivity contribution < 1.29 is 18.7 Å². The monoisotopic (exact) mass is 312 g/mol. The van der Waals surface area contributed by atoms with E-state index in [4.69, 9.17) is 15.2 Å². The van der Waals surface area contributed by atoms with Crippen LogP contribution in [-0.2, 0) is 4.74 Å². The van der Waals surface area contributed by atoms with E-state index in [1.54, 1.807) is 34.6 Å². The molecule has 0 fully saturated rings. The Labute approximate surface area is 131 Å². The zero-order valence-corrected chi connectivity index (χ0v) is 13.8. The average molecular weight is 312 g/mol. The maximum absolute atomic E-state index is 13.3. The van der Waals surface area contributed by atoms with Gasteiger partial charge in [0.25, 0.3) is 0 Å². The summed E-state index contributed by atoms with van der Waals surface area (Å²) < 4.78 is 24.1. The minimum Gasteiger partial charge on any atom is -0.489 e. The van der Waals surface area contributed by atoms with E-state index in [0.717, 1.165) is 0 Å². The number of hydrogen-bond acceptors (Lipinski definition) is 4. The molecule has 0 heterocycles. The van der Waals surface area contributed by atoms with Gasteiger partial charge in [0.2, 0.25) is 0 Å². The maximum Gasteiger partial charge on any atom is 0.407 e. The van der Waals surface area contributed by atoms with Gasteiger partial charge in [-0.1, -0.05) is 0 Å². The molecule has 0 unspecified atom stereocenters. The van der Waals surface area contributed by atoms with Crippen molar-refractivity contribution in [3.05, 3.63) is 29.6 Å². The molecule has 0 saturated heterocycles. The lowest BCUT2D eigenvalue weighted by Crippen LogP contribution is -2.37. The number of nitrogens with two attached hydrogens (primary N) is 1. The van der Waals surface area contributed by atoms with Crippen LogP contribution in [0.5, 0.6) is 5.75 Å². The Morgan fingerprint density at radius 1 is 1.36 bits per heavy atom. The molecule has 124 valence electrons. The van der Waals surface area contributed by atoms with Crippen molar-refractivity contribution in [1.29, 1.82) is 0 Å². The number of carbonyl (C=O) groups excluding carboxylic acids is 1. The van der Waals surface area contributed by atoms with Crippen molar-refractivity contribution in [3.63, 3.8) is 0 Å². The van der Waals surface area contributed by atoms with E-state index in [1.165, 1.54) is 18.2 Å². The number of rotatable bonds is 5. The van der Waals surface area contributed by atoms with E-state index in [2.05, 4.69) is 5.32 Å². The van der Waals surface area contributed by atoms with Gasteiger partial charge >= 0.3 is 6.09 Å². The maximum atomic E-state index is 13.3. The van der Waals surface area contributed by atoms with E-state index < -0.39 is 11.7 Å². The summed E-state index contributed by atoms with van der Waals surface area (Å²) in [5, 5.41) is 2.63. The van der Waals surface area contributed by atoms with Crippen LogP contribution in [-0.4, -0.2) is 24.3 Å². The highest BCUT2D eigenvalue weighted by Gasteiger charge is 2.17. The van der Waals surface area contributed by atoms with Gasteiger partial charge in [-0.3, -0.25) is 0 Å². The van der Waals surface area contributed by atoms with Crippen LogP contribution in [0.2, 0.25) is 0 Å². The number of ether oxygens (including phenoxy) is 2. The van der Waals surface area contributed by atoms with E-state index in [-0.39, 0.29) is 24.5 Å². The summed E-state index contributed by atoms with van der Waals surface area (Å²) in [7, 11) is 0. The van der Waals surface area contributed by atoms with Gasteiger partial charge in [-0.05, 0) is 52.8 Å². The first-order chi connectivity index (χ1) is 10.1. The van der Waals surface area contributed by atoms with Gasteiger partial charge in [0.05, 0.1) is 6.54 Å². The molecule has 6 heteroatoms. The topological polar surface area (TPSA) is 73.6 Å². The summed E-state index contributed by atoms with van der Waals surface area (Å²) in [5.74, 6) is 0.147. The van der Waals surface area contributed by atoms with Crippen LogP contribution >= 0.6 is 0 Å². The Hall–Kier alpha value is -1.82. The Bertz CT molecular complexity index is 513. The lowest BCUT2D eigenvalue weighted by molar-refractivity contribution is 0.0504. The SMILES string of the molecule is C[C@@H](CNC(=O)OC(C)(C)C)Oc1ccc(F)cc1[C@@H](C)N. The van der Waals surface area contributed by atoms with E-state index in [0.29, 0.717) is 11.3 Å². The minimum atomic E-state index is -0.548. The average Bonchev–Trinajstić information content (AvgIpc) is 2.36. The van der Waals surface area contributed by atoms with Crippen molar-refractivity contribution >= 4 is 6.09 Å². The fourth-order valence-corrected chi connectivity index (χ4v) is 1.78. The largest absolute Gasteiger partial charge is 0.489 e. The Kier molecular flexibility index (Phi) is 6.17. The normalized spacial score (nSPS) is 14.1. The molecule has 0 bridgehead atoms. The van der Waals surface area contributed by atoms with Gasteiger partial charge in [-0.2, -0.15) is 0 Å².